The van der Waals surface area contributed by atoms with Crippen molar-refractivity contribution in [2.75, 3.05) is 14.2 Å². The molecule has 2 aromatic carbocycles. The summed E-state index contributed by atoms with van der Waals surface area (Å²) in [4.78, 5) is 12.6. The molecule has 0 saturated carbocycles. The van der Waals surface area contributed by atoms with Gasteiger partial charge in [0.25, 0.3) is 0 Å². The number of rotatable bonds is 3. The average Bonchev–Trinajstić information content (AvgIpc) is 3.07. The Balaban J connectivity index is 2.05. The van der Waals surface area contributed by atoms with Crippen LogP contribution in [0.3, 0.4) is 0 Å². The molecule has 0 saturated heterocycles. The van der Waals surface area contributed by atoms with E-state index in [0.717, 1.165) is 10.1 Å². The molecule has 25 heavy (non-hydrogen) atoms. The Morgan fingerprint density at radius 1 is 1.04 bits per heavy atom. The lowest BCUT2D eigenvalue weighted by atomic mass is 10.1. The highest BCUT2D eigenvalue weighted by Crippen LogP contribution is 2.40. The molecule has 0 spiro atoms. The van der Waals surface area contributed by atoms with Crippen molar-refractivity contribution in [3.8, 4) is 28.6 Å². The van der Waals surface area contributed by atoms with Crippen molar-refractivity contribution < 1.29 is 19.0 Å². The van der Waals surface area contributed by atoms with Crippen LogP contribution in [-0.2, 0) is 0 Å². The summed E-state index contributed by atoms with van der Waals surface area (Å²) in [5.41, 5.74) is 0.505. The number of ether oxygens (including phenoxy) is 2. The summed E-state index contributed by atoms with van der Waals surface area (Å²) in [7, 11) is 2.99. The van der Waals surface area contributed by atoms with Gasteiger partial charge in [-0.25, -0.2) is 0 Å². The highest BCUT2D eigenvalue weighted by atomic mass is 32.1. The van der Waals surface area contributed by atoms with Crippen LogP contribution < -0.4 is 14.9 Å². The number of methoxy groups -OCH3 is 2. The van der Waals surface area contributed by atoms with Crippen molar-refractivity contribution in [3.63, 3.8) is 0 Å². The Labute approximate surface area is 146 Å². The molecule has 0 atom stereocenters. The molecule has 0 fully saturated rings. The average molecular weight is 354 g/mol. The lowest BCUT2D eigenvalue weighted by Crippen LogP contribution is -2.03. The van der Waals surface area contributed by atoms with E-state index in [4.69, 9.17) is 13.9 Å². The first-order valence-corrected chi connectivity index (χ1v) is 8.40. The van der Waals surface area contributed by atoms with Gasteiger partial charge in [-0.05, 0) is 12.1 Å². The number of hydrogen-bond donors (Lipinski definition) is 1. The molecule has 4 aromatic rings. The van der Waals surface area contributed by atoms with Gasteiger partial charge < -0.3 is 19.0 Å². The molecule has 0 unspecified atom stereocenters. The standard InChI is InChI=1S/C19H14O5S/c1-22-14-7-11-13(8-15(14)23-2)24-19(18(21)17(11)20)12-9-25-16-6-4-3-5-10(12)16/h3-9,21H,1-2H3. The topological polar surface area (TPSA) is 68.9 Å². The lowest BCUT2D eigenvalue weighted by molar-refractivity contribution is 0.355. The fraction of sp³-hybridized carbons (Fsp3) is 0.105. The summed E-state index contributed by atoms with van der Waals surface area (Å²) >= 11 is 1.52. The Kier molecular flexibility index (Phi) is 3.62. The zero-order valence-corrected chi connectivity index (χ0v) is 14.3. The van der Waals surface area contributed by atoms with Crippen molar-refractivity contribution in [1.82, 2.24) is 0 Å². The second kappa shape index (κ2) is 5.82. The third kappa shape index (κ3) is 2.34. The van der Waals surface area contributed by atoms with Crippen LogP contribution in [0.5, 0.6) is 17.2 Å². The first-order valence-electron chi connectivity index (χ1n) is 7.52. The minimum atomic E-state index is -0.507. The summed E-state index contributed by atoms with van der Waals surface area (Å²) < 4.78 is 17.4. The van der Waals surface area contributed by atoms with E-state index >= 15 is 0 Å². The highest BCUT2D eigenvalue weighted by molar-refractivity contribution is 7.17. The maximum atomic E-state index is 12.6. The van der Waals surface area contributed by atoms with E-state index in [0.29, 0.717) is 22.6 Å². The van der Waals surface area contributed by atoms with E-state index in [1.807, 2.05) is 29.6 Å². The summed E-state index contributed by atoms with van der Waals surface area (Å²) in [6.45, 7) is 0. The molecule has 0 aliphatic carbocycles. The van der Waals surface area contributed by atoms with Crippen LogP contribution in [0.15, 0.2) is 51.0 Å². The number of thiophene rings is 1. The predicted octanol–water partition coefficient (Wildman–Crippen LogP) is 4.40. The van der Waals surface area contributed by atoms with Gasteiger partial charge in [0.1, 0.15) is 5.58 Å². The van der Waals surface area contributed by atoms with Gasteiger partial charge in [0.2, 0.25) is 11.2 Å². The fourth-order valence-electron chi connectivity index (χ4n) is 2.85. The van der Waals surface area contributed by atoms with Crippen molar-refractivity contribution in [1.29, 1.82) is 0 Å². The SMILES string of the molecule is COc1cc2oc(-c3csc4ccccc34)c(O)c(=O)c2cc1OC. The number of benzene rings is 2. The summed E-state index contributed by atoms with van der Waals surface area (Å²) in [5, 5.41) is 13.5. The fourth-order valence-corrected chi connectivity index (χ4v) is 3.79. The highest BCUT2D eigenvalue weighted by Gasteiger charge is 2.20. The first kappa shape index (κ1) is 15.5. The van der Waals surface area contributed by atoms with Crippen LogP contribution in [-0.4, -0.2) is 19.3 Å². The van der Waals surface area contributed by atoms with Crippen molar-refractivity contribution in [2.45, 2.75) is 0 Å². The van der Waals surface area contributed by atoms with Crippen LogP contribution >= 0.6 is 11.3 Å². The van der Waals surface area contributed by atoms with Gasteiger partial charge in [-0.3, -0.25) is 4.79 Å². The van der Waals surface area contributed by atoms with Crippen molar-refractivity contribution in [2.24, 2.45) is 0 Å². The molecule has 126 valence electrons. The summed E-state index contributed by atoms with van der Waals surface area (Å²) in [6, 6.07) is 10.9. The van der Waals surface area contributed by atoms with Gasteiger partial charge in [0.05, 0.1) is 19.6 Å². The Morgan fingerprint density at radius 3 is 2.52 bits per heavy atom. The Hall–Kier alpha value is -2.99. The summed E-state index contributed by atoms with van der Waals surface area (Å²) in [5.74, 6) is 0.589. The number of fused-ring (bicyclic) bond motifs is 2. The van der Waals surface area contributed by atoms with Gasteiger partial charge in [0, 0.05) is 27.1 Å². The second-order valence-electron chi connectivity index (χ2n) is 5.46. The third-order valence-corrected chi connectivity index (χ3v) is 5.06. The maximum Gasteiger partial charge on any atom is 0.235 e. The van der Waals surface area contributed by atoms with Gasteiger partial charge >= 0.3 is 0 Å². The van der Waals surface area contributed by atoms with E-state index < -0.39 is 11.2 Å². The van der Waals surface area contributed by atoms with E-state index in [1.54, 1.807) is 6.07 Å². The molecule has 0 aliphatic heterocycles. The van der Waals surface area contributed by atoms with E-state index in [9.17, 15) is 9.90 Å². The molecular formula is C19H14O5S. The van der Waals surface area contributed by atoms with Gasteiger partial charge in [0.15, 0.2) is 17.3 Å². The molecule has 1 N–H and O–H groups in total. The molecular weight excluding hydrogens is 340 g/mol. The third-order valence-electron chi connectivity index (χ3n) is 4.10. The predicted molar refractivity (Wildman–Crippen MR) is 98.1 cm³/mol. The molecule has 2 aromatic heterocycles. The lowest BCUT2D eigenvalue weighted by Gasteiger charge is -2.10. The summed E-state index contributed by atoms with van der Waals surface area (Å²) in [6.07, 6.45) is 0. The van der Waals surface area contributed by atoms with Crippen molar-refractivity contribution >= 4 is 32.4 Å². The zero-order chi connectivity index (χ0) is 17.6. The molecule has 6 heteroatoms. The van der Waals surface area contributed by atoms with Gasteiger partial charge in [-0.15, -0.1) is 11.3 Å². The van der Waals surface area contributed by atoms with E-state index in [-0.39, 0.29) is 11.1 Å². The zero-order valence-electron chi connectivity index (χ0n) is 13.5. The Bertz CT molecular complexity index is 1160. The first-order chi connectivity index (χ1) is 12.1. The molecule has 5 nitrogen and oxygen atoms in total. The van der Waals surface area contributed by atoms with Crippen LogP contribution in [0, 0.1) is 0 Å². The number of hydrogen-bond acceptors (Lipinski definition) is 6. The molecule has 0 amide bonds. The van der Waals surface area contributed by atoms with Crippen LogP contribution in [0.2, 0.25) is 0 Å². The van der Waals surface area contributed by atoms with Crippen molar-refractivity contribution in [3.05, 3.63) is 52.0 Å². The minimum absolute atomic E-state index is 0.155. The second-order valence-corrected chi connectivity index (χ2v) is 6.37. The Morgan fingerprint density at radius 2 is 1.76 bits per heavy atom. The maximum absolute atomic E-state index is 12.6. The van der Waals surface area contributed by atoms with E-state index in [2.05, 4.69) is 0 Å². The number of aromatic hydroxyl groups is 1. The molecule has 0 aliphatic rings. The van der Waals surface area contributed by atoms with E-state index in [1.165, 1.54) is 31.6 Å². The van der Waals surface area contributed by atoms with Gasteiger partial charge in [-0.2, -0.15) is 0 Å². The monoisotopic (exact) mass is 354 g/mol. The smallest absolute Gasteiger partial charge is 0.235 e. The molecule has 4 rings (SSSR count). The minimum Gasteiger partial charge on any atom is -0.502 e. The van der Waals surface area contributed by atoms with Crippen LogP contribution in [0.4, 0.5) is 0 Å². The van der Waals surface area contributed by atoms with Crippen LogP contribution in [0.25, 0.3) is 32.4 Å². The molecule has 0 bridgehead atoms. The molecule has 2 heterocycles. The van der Waals surface area contributed by atoms with Crippen LogP contribution in [0.1, 0.15) is 0 Å². The largest absolute Gasteiger partial charge is 0.502 e. The normalized spacial score (nSPS) is 11.1. The van der Waals surface area contributed by atoms with Gasteiger partial charge in [-0.1, -0.05) is 18.2 Å². The molecule has 0 radical (unpaired) electrons. The quantitative estimate of drug-likeness (QED) is 0.591.